The Morgan fingerprint density at radius 3 is 2.59 bits per heavy atom. The number of carbonyl (C=O) groups is 3. The molecule has 0 radical (unpaired) electrons. The van der Waals surface area contributed by atoms with E-state index in [4.69, 9.17) is 0 Å². The van der Waals surface area contributed by atoms with Crippen molar-refractivity contribution in [1.82, 2.24) is 0 Å². The molecule has 0 saturated heterocycles. The molecule has 118 valence electrons. The molecule has 0 saturated carbocycles. The molecule has 0 aromatic carbocycles. The van der Waals surface area contributed by atoms with Crippen molar-refractivity contribution < 1.29 is 14.4 Å². The summed E-state index contributed by atoms with van der Waals surface area (Å²) in [5.74, 6) is -2.03. The predicted molar refractivity (Wildman–Crippen MR) is 86.3 cm³/mol. The summed E-state index contributed by atoms with van der Waals surface area (Å²) < 4.78 is 0. The average Bonchev–Trinajstić information content (AvgIpc) is 2.44. The van der Waals surface area contributed by atoms with Crippen LogP contribution in [-0.4, -0.2) is 17.3 Å². The van der Waals surface area contributed by atoms with E-state index in [0.29, 0.717) is 18.4 Å². The lowest BCUT2D eigenvalue weighted by molar-refractivity contribution is -0.143. The van der Waals surface area contributed by atoms with Crippen LogP contribution in [0.2, 0.25) is 0 Å². The second-order valence-electron chi connectivity index (χ2n) is 6.60. The summed E-state index contributed by atoms with van der Waals surface area (Å²) in [6, 6.07) is 0. The molecule has 2 aliphatic carbocycles. The van der Waals surface area contributed by atoms with Gasteiger partial charge in [0.25, 0.3) is 0 Å². The molecular formula is C19H24O3. The third kappa shape index (κ3) is 3.03. The van der Waals surface area contributed by atoms with E-state index in [2.05, 4.69) is 12.7 Å². The minimum absolute atomic E-state index is 0.0931. The number of Topliss-reactive ketones (excluding diaryl/α,β-unsaturated/α-hetero) is 2. The van der Waals surface area contributed by atoms with Crippen LogP contribution in [0.3, 0.4) is 0 Å². The summed E-state index contributed by atoms with van der Waals surface area (Å²) in [5.41, 5.74) is 2.53. The van der Waals surface area contributed by atoms with E-state index in [1.54, 1.807) is 0 Å². The zero-order valence-electron chi connectivity index (χ0n) is 13.6. The fourth-order valence-corrected chi connectivity index (χ4v) is 3.63. The number of rotatable bonds is 4. The van der Waals surface area contributed by atoms with Gasteiger partial charge in [-0.25, -0.2) is 0 Å². The van der Waals surface area contributed by atoms with Crippen LogP contribution >= 0.6 is 0 Å². The van der Waals surface area contributed by atoms with Crippen LogP contribution in [0.4, 0.5) is 0 Å². The SMILES string of the molecule is C=C(C)[C@@H]1CC=C(C)C[C@H]1C1C(=O)C=C(CCC)C(=O)C1=O. The molecule has 2 rings (SSSR count). The molecule has 0 aromatic rings. The van der Waals surface area contributed by atoms with Crippen LogP contribution in [0.5, 0.6) is 0 Å². The van der Waals surface area contributed by atoms with Gasteiger partial charge in [0.05, 0.1) is 5.92 Å². The van der Waals surface area contributed by atoms with E-state index in [0.717, 1.165) is 18.4 Å². The second kappa shape index (κ2) is 6.55. The first kappa shape index (κ1) is 16.6. The van der Waals surface area contributed by atoms with Gasteiger partial charge in [-0.3, -0.25) is 14.4 Å². The zero-order chi connectivity index (χ0) is 16.4. The molecule has 0 amide bonds. The van der Waals surface area contributed by atoms with Crippen LogP contribution in [0.15, 0.2) is 35.5 Å². The van der Waals surface area contributed by atoms with E-state index in [1.165, 1.54) is 11.6 Å². The highest BCUT2D eigenvalue weighted by molar-refractivity contribution is 6.50. The molecule has 0 bridgehead atoms. The van der Waals surface area contributed by atoms with E-state index in [-0.39, 0.29) is 17.6 Å². The smallest absolute Gasteiger partial charge is 0.225 e. The number of hydrogen-bond acceptors (Lipinski definition) is 3. The quantitative estimate of drug-likeness (QED) is 0.453. The molecule has 3 nitrogen and oxygen atoms in total. The Morgan fingerprint density at radius 2 is 2.00 bits per heavy atom. The molecule has 0 fully saturated rings. The first-order chi connectivity index (χ1) is 10.4. The summed E-state index contributed by atoms with van der Waals surface area (Å²) in [6.45, 7) is 9.89. The van der Waals surface area contributed by atoms with E-state index in [1.807, 2.05) is 20.8 Å². The molecule has 0 spiro atoms. The van der Waals surface area contributed by atoms with E-state index < -0.39 is 17.5 Å². The van der Waals surface area contributed by atoms with Gasteiger partial charge in [0.2, 0.25) is 11.6 Å². The number of allylic oxidation sites excluding steroid dienone is 5. The summed E-state index contributed by atoms with van der Waals surface area (Å²) in [4.78, 5) is 37.3. The van der Waals surface area contributed by atoms with Gasteiger partial charge in [-0.2, -0.15) is 0 Å². The lowest BCUT2D eigenvalue weighted by Crippen LogP contribution is -2.43. The maximum atomic E-state index is 12.5. The fourth-order valence-electron chi connectivity index (χ4n) is 3.63. The Bertz CT molecular complexity index is 592. The van der Waals surface area contributed by atoms with Crippen LogP contribution in [0.25, 0.3) is 0 Å². The van der Waals surface area contributed by atoms with Gasteiger partial charge in [-0.15, -0.1) is 0 Å². The first-order valence-corrected chi connectivity index (χ1v) is 8.00. The van der Waals surface area contributed by atoms with Crippen molar-refractivity contribution in [3.05, 3.63) is 35.5 Å². The van der Waals surface area contributed by atoms with Crippen molar-refractivity contribution >= 4 is 17.3 Å². The molecule has 3 heteroatoms. The van der Waals surface area contributed by atoms with Crippen molar-refractivity contribution in [3.8, 4) is 0 Å². The van der Waals surface area contributed by atoms with Crippen molar-refractivity contribution in [3.63, 3.8) is 0 Å². The van der Waals surface area contributed by atoms with Gasteiger partial charge in [0.1, 0.15) is 0 Å². The maximum absolute atomic E-state index is 12.5. The third-order valence-electron chi connectivity index (χ3n) is 4.80. The molecular weight excluding hydrogens is 276 g/mol. The fraction of sp³-hybridized carbons (Fsp3) is 0.526. The highest BCUT2D eigenvalue weighted by atomic mass is 16.2. The minimum atomic E-state index is -0.821. The molecule has 0 aromatic heterocycles. The summed E-state index contributed by atoms with van der Waals surface area (Å²) in [5, 5.41) is 0. The van der Waals surface area contributed by atoms with Crippen molar-refractivity contribution in [2.45, 2.75) is 46.5 Å². The monoisotopic (exact) mass is 300 g/mol. The van der Waals surface area contributed by atoms with Crippen LogP contribution in [0, 0.1) is 17.8 Å². The summed E-state index contributed by atoms with van der Waals surface area (Å²) >= 11 is 0. The van der Waals surface area contributed by atoms with Crippen LogP contribution in [-0.2, 0) is 14.4 Å². The Labute approximate surface area is 132 Å². The molecule has 3 atom stereocenters. The first-order valence-electron chi connectivity index (χ1n) is 8.00. The normalized spacial score (nSPS) is 29.2. The second-order valence-corrected chi connectivity index (χ2v) is 6.60. The van der Waals surface area contributed by atoms with Gasteiger partial charge in [-0.1, -0.05) is 37.1 Å². The largest absolute Gasteiger partial charge is 0.294 e. The topological polar surface area (TPSA) is 51.2 Å². The molecule has 22 heavy (non-hydrogen) atoms. The highest BCUT2D eigenvalue weighted by Gasteiger charge is 2.44. The van der Waals surface area contributed by atoms with Crippen LogP contribution in [0.1, 0.15) is 46.5 Å². The zero-order valence-corrected chi connectivity index (χ0v) is 13.6. The lowest BCUT2D eigenvalue weighted by atomic mass is 9.65. The molecule has 0 aliphatic heterocycles. The number of carbonyl (C=O) groups excluding carboxylic acids is 3. The van der Waals surface area contributed by atoms with Gasteiger partial charge < -0.3 is 0 Å². The summed E-state index contributed by atoms with van der Waals surface area (Å²) in [7, 11) is 0. The third-order valence-corrected chi connectivity index (χ3v) is 4.80. The Hall–Kier alpha value is -1.77. The average molecular weight is 300 g/mol. The number of hydrogen-bond donors (Lipinski definition) is 0. The minimum Gasteiger partial charge on any atom is -0.294 e. The molecule has 2 aliphatic rings. The van der Waals surface area contributed by atoms with Gasteiger partial charge in [-0.05, 0) is 51.0 Å². The number of ketones is 3. The van der Waals surface area contributed by atoms with Gasteiger partial charge in [0.15, 0.2) is 5.78 Å². The van der Waals surface area contributed by atoms with Crippen molar-refractivity contribution in [1.29, 1.82) is 0 Å². The van der Waals surface area contributed by atoms with Crippen molar-refractivity contribution in [2.24, 2.45) is 17.8 Å². The van der Waals surface area contributed by atoms with Crippen molar-refractivity contribution in [2.75, 3.05) is 0 Å². The Kier molecular flexibility index (Phi) is 4.94. The van der Waals surface area contributed by atoms with Crippen LogP contribution < -0.4 is 0 Å². The van der Waals surface area contributed by atoms with E-state index in [9.17, 15) is 14.4 Å². The lowest BCUT2D eigenvalue weighted by Gasteiger charge is -2.36. The molecule has 1 unspecified atom stereocenters. The summed E-state index contributed by atoms with van der Waals surface area (Å²) in [6.07, 6.45) is 6.29. The van der Waals surface area contributed by atoms with E-state index >= 15 is 0 Å². The predicted octanol–water partition coefficient (Wildman–Crippen LogP) is 3.60. The molecule has 0 heterocycles. The maximum Gasteiger partial charge on any atom is 0.225 e. The molecule has 0 N–H and O–H groups in total. The highest BCUT2D eigenvalue weighted by Crippen LogP contribution is 2.40. The Balaban J connectivity index is 2.36. The Morgan fingerprint density at radius 1 is 1.32 bits per heavy atom. The van der Waals surface area contributed by atoms with Gasteiger partial charge in [0, 0.05) is 5.57 Å². The van der Waals surface area contributed by atoms with Gasteiger partial charge >= 0.3 is 0 Å². The standard InChI is InChI=1S/C19H24O3/c1-5-6-13-10-16(20)17(19(22)18(13)21)15-9-12(4)7-8-14(15)11(2)3/h7,10,14-15,17H,2,5-6,8-9H2,1,3-4H3/t14-,15+,17?/m0/s1.